The molecule has 1 heterocycles. The summed E-state index contributed by atoms with van der Waals surface area (Å²) in [5.74, 6) is 0. The highest BCUT2D eigenvalue weighted by Crippen LogP contribution is 2.41. The number of hydrogen-bond donors (Lipinski definition) is 1. The number of halogens is 1. The molecule has 0 aliphatic rings. The zero-order chi connectivity index (χ0) is 16.5. The van der Waals surface area contributed by atoms with E-state index in [9.17, 15) is 0 Å². The molecule has 4 rings (SSSR count). The van der Waals surface area contributed by atoms with Gasteiger partial charge in [-0.05, 0) is 48.4 Å². The molecule has 0 fully saturated rings. The molecule has 0 aliphatic heterocycles. The van der Waals surface area contributed by atoms with E-state index in [4.69, 9.17) is 11.6 Å². The van der Waals surface area contributed by atoms with Gasteiger partial charge < -0.3 is 4.98 Å². The van der Waals surface area contributed by atoms with Crippen molar-refractivity contribution >= 4 is 34.3 Å². The van der Waals surface area contributed by atoms with Crippen LogP contribution < -0.4 is 0 Å². The van der Waals surface area contributed by atoms with E-state index in [1.807, 2.05) is 18.2 Å². The number of nitrogens with one attached hydrogen (secondary N) is 1. The van der Waals surface area contributed by atoms with Crippen molar-refractivity contribution in [3.63, 3.8) is 0 Å². The molecule has 0 bridgehead atoms. The van der Waals surface area contributed by atoms with Gasteiger partial charge in [0, 0.05) is 25.7 Å². The van der Waals surface area contributed by atoms with Gasteiger partial charge in [-0.2, -0.15) is 0 Å². The Kier molecular flexibility index (Phi) is 4.09. The van der Waals surface area contributed by atoms with E-state index in [0.29, 0.717) is 0 Å². The molecule has 4 aromatic rings. The maximum absolute atomic E-state index is 6.05. The summed E-state index contributed by atoms with van der Waals surface area (Å²) >= 11 is 7.84. The van der Waals surface area contributed by atoms with Gasteiger partial charge in [-0.3, -0.25) is 0 Å². The number of benzene rings is 3. The average molecular weight is 350 g/mol. The quantitative estimate of drug-likeness (QED) is 0.423. The van der Waals surface area contributed by atoms with Gasteiger partial charge in [0.05, 0.1) is 5.69 Å². The number of rotatable bonds is 3. The summed E-state index contributed by atoms with van der Waals surface area (Å²) in [5.41, 5.74) is 4.70. The summed E-state index contributed by atoms with van der Waals surface area (Å²) < 4.78 is 0. The topological polar surface area (TPSA) is 15.8 Å². The van der Waals surface area contributed by atoms with Crippen molar-refractivity contribution < 1.29 is 0 Å². The molecule has 24 heavy (non-hydrogen) atoms. The van der Waals surface area contributed by atoms with Gasteiger partial charge >= 0.3 is 0 Å². The van der Waals surface area contributed by atoms with Crippen LogP contribution in [0, 0.1) is 6.92 Å². The van der Waals surface area contributed by atoms with Crippen LogP contribution >= 0.6 is 23.4 Å². The van der Waals surface area contributed by atoms with Crippen LogP contribution in [-0.2, 0) is 0 Å². The first-order valence-corrected chi connectivity index (χ1v) is 9.01. The van der Waals surface area contributed by atoms with E-state index in [1.165, 1.54) is 26.3 Å². The molecular formula is C21H16ClNS. The highest BCUT2D eigenvalue weighted by Gasteiger charge is 2.14. The Morgan fingerprint density at radius 1 is 0.875 bits per heavy atom. The molecule has 0 radical (unpaired) electrons. The normalized spacial score (nSPS) is 11.1. The fourth-order valence-electron chi connectivity index (χ4n) is 2.82. The minimum atomic E-state index is 0.753. The van der Waals surface area contributed by atoms with Crippen LogP contribution in [0.25, 0.3) is 22.2 Å². The van der Waals surface area contributed by atoms with Gasteiger partial charge in [-0.25, -0.2) is 0 Å². The van der Waals surface area contributed by atoms with E-state index >= 15 is 0 Å². The summed E-state index contributed by atoms with van der Waals surface area (Å²) in [5, 5.41) is 2.00. The van der Waals surface area contributed by atoms with E-state index in [1.54, 1.807) is 11.8 Å². The van der Waals surface area contributed by atoms with Gasteiger partial charge in [0.25, 0.3) is 0 Å². The van der Waals surface area contributed by atoms with E-state index < -0.39 is 0 Å². The average Bonchev–Trinajstić information content (AvgIpc) is 2.94. The number of aromatic amines is 1. The van der Waals surface area contributed by atoms with Crippen LogP contribution in [0.4, 0.5) is 0 Å². The smallest absolute Gasteiger partial charge is 0.0606 e. The Balaban J connectivity index is 1.91. The first-order chi connectivity index (χ1) is 11.7. The minimum Gasteiger partial charge on any atom is -0.354 e. The molecule has 3 heteroatoms. The van der Waals surface area contributed by atoms with Gasteiger partial charge in [0.1, 0.15) is 0 Å². The molecule has 1 nitrogen and oxygen atoms in total. The predicted octanol–water partition coefficient (Wildman–Crippen LogP) is 6.95. The van der Waals surface area contributed by atoms with Crippen LogP contribution in [0.3, 0.4) is 0 Å². The van der Waals surface area contributed by atoms with Crippen molar-refractivity contribution in [2.24, 2.45) is 0 Å². The van der Waals surface area contributed by atoms with Crippen molar-refractivity contribution in [1.82, 2.24) is 4.98 Å². The minimum absolute atomic E-state index is 0.753. The number of aryl methyl sites for hydroxylation is 1. The molecule has 0 unspecified atom stereocenters. The summed E-state index contributed by atoms with van der Waals surface area (Å²) in [6, 6.07) is 25.0. The third-order valence-corrected chi connectivity index (χ3v) is 5.39. The predicted molar refractivity (Wildman–Crippen MR) is 104 cm³/mol. The molecule has 0 saturated heterocycles. The summed E-state index contributed by atoms with van der Waals surface area (Å²) in [6.07, 6.45) is 0. The Labute approximate surface area is 150 Å². The highest BCUT2D eigenvalue weighted by molar-refractivity contribution is 7.99. The summed E-state index contributed by atoms with van der Waals surface area (Å²) in [7, 11) is 0. The largest absolute Gasteiger partial charge is 0.354 e. The van der Waals surface area contributed by atoms with Crippen LogP contribution in [0.15, 0.2) is 82.6 Å². The molecule has 0 amide bonds. The van der Waals surface area contributed by atoms with E-state index in [2.05, 4.69) is 66.5 Å². The molecule has 1 aromatic heterocycles. The van der Waals surface area contributed by atoms with Crippen LogP contribution in [0.2, 0.25) is 5.02 Å². The van der Waals surface area contributed by atoms with Crippen molar-refractivity contribution in [1.29, 1.82) is 0 Å². The van der Waals surface area contributed by atoms with Crippen molar-refractivity contribution in [3.05, 3.63) is 83.4 Å². The second-order valence-electron chi connectivity index (χ2n) is 5.80. The standard InChI is InChI=1S/C21H16ClNS/c1-14-7-12-18-19(13-14)23-20(15-8-10-16(22)11-9-15)21(18)24-17-5-3-2-4-6-17/h2-13,23H,1H3. The molecule has 0 atom stereocenters. The molecule has 0 spiro atoms. The molecule has 1 N–H and O–H groups in total. The SMILES string of the molecule is Cc1ccc2c(Sc3ccccc3)c(-c3ccc(Cl)cc3)[nH]c2c1. The van der Waals surface area contributed by atoms with Crippen LogP contribution in [0.1, 0.15) is 5.56 Å². The lowest BCUT2D eigenvalue weighted by atomic mass is 10.1. The molecule has 3 aromatic carbocycles. The van der Waals surface area contributed by atoms with Gasteiger partial charge in [0.2, 0.25) is 0 Å². The Morgan fingerprint density at radius 3 is 2.38 bits per heavy atom. The second kappa shape index (κ2) is 6.39. The lowest BCUT2D eigenvalue weighted by Crippen LogP contribution is -1.80. The fourth-order valence-corrected chi connectivity index (χ4v) is 4.03. The van der Waals surface area contributed by atoms with E-state index in [0.717, 1.165) is 16.3 Å². The molecule has 118 valence electrons. The first-order valence-electron chi connectivity index (χ1n) is 7.82. The zero-order valence-electron chi connectivity index (χ0n) is 13.2. The maximum Gasteiger partial charge on any atom is 0.0606 e. The molecule has 0 aliphatic carbocycles. The molecule has 0 saturated carbocycles. The van der Waals surface area contributed by atoms with Crippen molar-refractivity contribution in [2.75, 3.05) is 0 Å². The number of fused-ring (bicyclic) bond motifs is 1. The Bertz CT molecular complexity index is 988. The third-order valence-electron chi connectivity index (χ3n) is 4.00. The Morgan fingerprint density at radius 2 is 1.62 bits per heavy atom. The third kappa shape index (κ3) is 2.95. The number of aromatic nitrogens is 1. The second-order valence-corrected chi connectivity index (χ2v) is 7.32. The van der Waals surface area contributed by atoms with E-state index in [-0.39, 0.29) is 0 Å². The van der Waals surface area contributed by atoms with Gasteiger partial charge in [-0.1, -0.05) is 65.8 Å². The fraction of sp³-hybridized carbons (Fsp3) is 0.0476. The Hall–Kier alpha value is -2.16. The molecular weight excluding hydrogens is 334 g/mol. The van der Waals surface area contributed by atoms with Crippen molar-refractivity contribution in [2.45, 2.75) is 16.7 Å². The summed E-state index contributed by atoms with van der Waals surface area (Å²) in [6.45, 7) is 2.12. The first kappa shape index (κ1) is 15.4. The van der Waals surface area contributed by atoms with Crippen LogP contribution in [-0.4, -0.2) is 4.98 Å². The monoisotopic (exact) mass is 349 g/mol. The zero-order valence-corrected chi connectivity index (χ0v) is 14.8. The lowest BCUT2D eigenvalue weighted by molar-refractivity contribution is 1.38. The van der Waals surface area contributed by atoms with Gasteiger partial charge in [-0.15, -0.1) is 0 Å². The number of H-pyrrole nitrogens is 1. The van der Waals surface area contributed by atoms with Crippen LogP contribution in [0.5, 0.6) is 0 Å². The van der Waals surface area contributed by atoms with Crippen molar-refractivity contribution in [3.8, 4) is 11.3 Å². The maximum atomic E-state index is 6.05. The van der Waals surface area contributed by atoms with Gasteiger partial charge in [0.15, 0.2) is 0 Å². The number of hydrogen-bond acceptors (Lipinski definition) is 1. The highest BCUT2D eigenvalue weighted by atomic mass is 35.5. The lowest BCUT2D eigenvalue weighted by Gasteiger charge is -2.05. The summed E-state index contributed by atoms with van der Waals surface area (Å²) in [4.78, 5) is 6.08.